The minimum atomic E-state index is -1.44. The van der Waals surface area contributed by atoms with Crippen molar-refractivity contribution in [1.29, 1.82) is 0 Å². The maximum atomic E-state index is 11.8. The number of aliphatic hydroxyl groups excluding tert-OH is 2. The number of aryl methyl sites for hydroxylation is 6. The predicted molar refractivity (Wildman–Crippen MR) is 426 cm³/mol. The average molecular weight is 1530 g/mol. The first-order valence-electron chi connectivity index (χ1n) is 32.6. The van der Waals surface area contributed by atoms with Gasteiger partial charge in [-0.15, -0.1) is 0 Å². The number of pyridine rings is 2. The SMILES string of the molecule is C.C.C.C1CCOC1.COC(=O)c1nc(Cl)c2c(n1)[nH]c1cc(-c3c(C)noc3C)c(OC)cc12.COc1cc2c(cc1-c1c(C)noc1C)[nH]c1nc(CO)nc(-c3ccnc4ccccc34)c12.COc1cc2c(cc1-c1c(C)noc1C)[nH]c1nc(CO)nc(Cl)c12.OB(O)c1ccnc2ccccc12.[AlH3].[H-].[Li+]. The number of para-hydroxylation sites is 2. The fourth-order valence-electron chi connectivity index (χ4n) is 12.8. The summed E-state index contributed by atoms with van der Waals surface area (Å²) in [6.07, 6.45) is 5.90. The van der Waals surface area contributed by atoms with Gasteiger partial charge in [0.05, 0.1) is 95.1 Å². The van der Waals surface area contributed by atoms with Crippen molar-refractivity contribution in [3.63, 3.8) is 0 Å². The maximum absolute atomic E-state index is 11.8. The Hall–Kier alpha value is -10.4. The zero-order valence-electron chi connectivity index (χ0n) is 59.9. The van der Waals surface area contributed by atoms with Gasteiger partial charge >= 0.3 is 31.9 Å². The molecule has 12 heterocycles. The smallest absolute Gasteiger partial charge is 1.00 e. The Morgan fingerprint density at radius 3 is 1.33 bits per heavy atom. The molecule has 0 bridgehead atoms. The second kappa shape index (κ2) is 36.2. The van der Waals surface area contributed by atoms with Crippen LogP contribution in [-0.4, -0.2) is 163 Å². The van der Waals surface area contributed by atoms with Crippen LogP contribution in [0.15, 0.2) is 123 Å². The van der Waals surface area contributed by atoms with Crippen LogP contribution in [-0.2, 0) is 22.7 Å². The number of nitrogens with zero attached hydrogens (tertiary/aromatic N) is 11. The quantitative estimate of drug-likeness (QED) is 0.0359. The molecule has 1 aliphatic heterocycles. The molecule has 109 heavy (non-hydrogen) atoms. The third kappa shape index (κ3) is 16.6. The summed E-state index contributed by atoms with van der Waals surface area (Å²) >= 11 is 12.6. The number of nitrogens with one attached hydrogen (secondary N) is 3. The van der Waals surface area contributed by atoms with E-state index in [9.17, 15) is 15.0 Å². The Balaban J connectivity index is 0.000000202. The van der Waals surface area contributed by atoms with Crippen LogP contribution >= 0.6 is 23.2 Å². The number of aromatic amines is 3. The topological polar surface area (TPSA) is 373 Å². The predicted octanol–water partition coefficient (Wildman–Crippen LogP) is 11.0. The number of aromatic nitrogens is 14. The van der Waals surface area contributed by atoms with Crippen molar-refractivity contribution >= 4 is 147 Å². The third-order valence-electron chi connectivity index (χ3n) is 17.6. The standard InChI is InChI=1S/C26H21N5O3.C18H15ClN4O4.C17H15ClN4O3.C9H8BNO2.C4H8O.3CH4.Al.Li.4H/c1-13-23(14(2)34-31-13)18-10-20-17(11-21(18)33-3)24-25(29-22(12-32)30-26(24)28-20)16-8-9-27-19-7-5-4-6-15(16)19;1-7-13(8(2)27-23-7)10-5-11-9(6-12(10)25-3)14-15(19)21-17(18(24)26-4)22-16(14)20-11;1-7-14(8(2)25-22-7)10-4-11-9(5-12(10)24-3)15-16(18)20-13(6-23)21-17(15)19-11;12-10(13)8-5-6-11-9-4-2-1-3-7(8)9;1-2-4-5-3-1;;;;;;;;;/h4-11,32H,12H2,1-3H3,(H,28,29,30);5-6H,1-4H3,(H,20,21,22);4-5,23H,6H2,1-3H3,(H,19,20,21);1-6,12-13H;1-4H2;3*1H4;;;;;;/q;;;;;;;;;+1;;;;-1. The largest absolute Gasteiger partial charge is 1.00 e. The summed E-state index contributed by atoms with van der Waals surface area (Å²) in [5.41, 5.74) is 15.4. The molecule has 0 unspecified atom stereocenters. The summed E-state index contributed by atoms with van der Waals surface area (Å²) in [5.74, 6) is 3.95. The van der Waals surface area contributed by atoms with Crippen LogP contribution in [0.25, 0.3) is 132 Å². The van der Waals surface area contributed by atoms with Crippen molar-refractivity contribution in [2.45, 2.75) is 89.9 Å². The minimum Gasteiger partial charge on any atom is -1.00 e. The van der Waals surface area contributed by atoms with Crippen LogP contribution in [0.3, 0.4) is 0 Å². The van der Waals surface area contributed by atoms with Crippen molar-refractivity contribution in [1.82, 2.24) is 70.3 Å². The van der Waals surface area contributed by atoms with Gasteiger partial charge < -0.3 is 73.9 Å². The molecule has 5 aromatic carbocycles. The van der Waals surface area contributed by atoms with E-state index in [1.807, 2.05) is 133 Å². The first-order chi connectivity index (χ1) is 50.3. The molecule has 0 saturated carbocycles. The van der Waals surface area contributed by atoms with Gasteiger partial charge in [-0.2, -0.15) is 0 Å². The van der Waals surface area contributed by atoms with E-state index in [4.69, 9.17) is 70.8 Å². The summed E-state index contributed by atoms with van der Waals surface area (Å²) in [5, 5.41) is 56.3. The zero-order valence-corrected chi connectivity index (χ0v) is 60.4. The van der Waals surface area contributed by atoms with Crippen molar-refractivity contribution < 1.29 is 82.6 Å². The van der Waals surface area contributed by atoms with Gasteiger partial charge in [0, 0.05) is 86.0 Å². The number of aliphatic hydroxyl groups is 2. The number of hydrogen-bond donors (Lipinski definition) is 7. The monoisotopic (exact) mass is 1530 g/mol. The maximum Gasteiger partial charge on any atom is 1.00 e. The molecule has 32 heteroatoms. The van der Waals surface area contributed by atoms with Crippen LogP contribution in [0.4, 0.5) is 0 Å². The second-order valence-electron chi connectivity index (χ2n) is 24.0. The number of carbonyl (C=O) groups is 1. The van der Waals surface area contributed by atoms with E-state index in [1.165, 1.54) is 20.0 Å². The molecule has 17 rings (SSSR count). The summed E-state index contributed by atoms with van der Waals surface area (Å²) in [4.78, 5) is 56.2. The van der Waals surface area contributed by atoms with E-state index in [0.717, 1.165) is 141 Å². The first kappa shape index (κ1) is 84.3. The van der Waals surface area contributed by atoms with Gasteiger partial charge in [0.1, 0.15) is 75.0 Å². The molecule has 0 radical (unpaired) electrons. The van der Waals surface area contributed by atoms with E-state index >= 15 is 0 Å². The Morgan fingerprint density at radius 1 is 0.514 bits per heavy atom. The number of carbonyl (C=O) groups excluding carboxylic acids is 1. The number of esters is 1. The van der Waals surface area contributed by atoms with Crippen LogP contribution in [0.1, 0.15) is 93.2 Å². The van der Waals surface area contributed by atoms with Gasteiger partial charge in [-0.1, -0.05) is 97.4 Å². The molecule has 560 valence electrons. The molecule has 11 aromatic heterocycles. The van der Waals surface area contributed by atoms with Crippen molar-refractivity contribution in [2.24, 2.45) is 0 Å². The number of H-pyrrole nitrogens is 3. The first-order valence-corrected chi connectivity index (χ1v) is 33.4. The molecule has 0 spiro atoms. The van der Waals surface area contributed by atoms with Gasteiger partial charge in [0.15, 0.2) is 29.0 Å². The van der Waals surface area contributed by atoms with E-state index in [1.54, 1.807) is 39.8 Å². The summed E-state index contributed by atoms with van der Waals surface area (Å²) in [6, 6.07) is 30.5. The fraction of sp³-hybridized carbons (Fsp3) is 0.247. The van der Waals surface area contributed by atoms with Crippen LogP contribution in [0, 0.1) is 41.5 Å². The van der Waals surface area contributed by atoms with E-state index in [0.29, 0.717) is 67.8 Å². The molecule has 0 amide bonds. The minimum absolute atomic E-state index is 0. The Labute approximate surface area is 660 Å². The molecular weight excluding hydrogens is 1440 g/mol. The normalized spacial score (nSPS) is 11.4. The Morgan fingerprint density at radius 2 is 0.917 bits per heavy atom. The van der Waals surface area contributed by atoms with Gasteiger partial charge in [0.25, 0.3) is 0 Å². The Kier molecular flexibility index (Phi) is 28.0. The summed E-state index contributed by atoms with van der Waals surface area (Å²) in [6.45, 7) is 12.7. The van der Waals surface area contributed by atoms with Gasteiger partial charge in [0.2, 0.25) is 5.82 Å². The van der Waals surface area contributed by atoms with Crippen LogP contribution in [0.5, 0.6) is 17.2 Å². The van der Waals surface area contributed by atoms with Gasteiger partial charge in [-0.05, 0) is 126 Å². The van der Waals surface area contributed by atoms with Crippen molar-refractivity contribution in [2.75, 3.05) is 41.7 Å². The molecule has 0 aliphatic carbocycles. The molecular formula is C77H83AlBCl2LiN14O13. The van der Waals surface area contributed by atoms with Gasteiger partial charge in [-0.25, -0.2) is 34.7 Å². The van der Waals surface area contributed by atoms with Crippen LogP contribution in [0.2, 0.25) is 10.3 Å². The Bertz CT molecular complexity index is 5880. The number of rotatable bonds is 11. The molecule has 16 aromatic rings. The summed E-state index contributed by atoms with van der Waals surface area (Å²) in [7, 11) is 4.67. The average Bonchev–Trinajstić information content (AvgIpc) is 1.65. The van der Waals surface area contributed by atoms with Crippen molar-refractivity contribution in [3.05, 3.63) is 172 Å². The number of fused-ring (bicyclic) bond motifs is 11. The fourth-order valence-corrected chi connectivity index (χ4v) is 13.4. The number of ether oxygens (including phenoxy) is 5. The third-order valence-corrected chi connectivity index (χ3v) is 18.1. The molecule has 1 aliphatic rings. The molecule has 1 saturated heterocycles. The number of halogens is 2. The number of benzene rings is 5. The van der Waals surface area contributed by atoms with Crippen LogP contribution < -0.4 is 38.5 Å². The molecule has 1 fully saturated rings. The summed E-state index contributed by atoms with van der Waals surface area (Å²) < 4.78 is 42.5. The molecule has 27 nitrogen and oxygen atoms in total. The van der Waals surface area contributed by atoms with Crippen molar-refractivity contribution in [3.8, 4) is 61.9 Å². The second-order valence-corrected chi connectivity index (χ2v) is 24.7. The molecule has 0 atom stereocenters. The van der Waals surface area contributed by atoms with E-state index in [2.05, 4.69) is 70.0 Å². The number of methoxy groups -OCH3 is 4. The van der Waals surface area contributed by atoms with E-state index < -0.39 is 13.1 Å². The molecule has 7 N–H and O–H groups in total. The zero-order chi connectivity index (χ0) is 73.2. The van der Waals surface area contributed by atoms with E-state index in [-0.39, 0.29) is 95.1 Å². The van der Waals surface area contributed by atoms with Gasteiger partial charge in [-0.3, -0.25) is 9.97 Å². The number of hydrogen-bond acceptors (Lipinski definition) is 24.